The molecule has 1 aliphatic rings. The molecule has 63 heavy (non-hydrogen) atoms. The van der Waals surface area contributed by atoms with E-state index in [0.29, 0.717) is 0 Å². The molecule has 0 radical (unpaired) electrons. The molecule has 0 aliphatic heterocycles. The number of benzene rings is 8. The van der Waals surface area contributed by atoms with Crippen molar-refractivity contribution in [2.24, 2.45) is 0 Å². The Morgan fingerprint density at radius 3 is 1.62 bits per heavy atom. The van der Waals surface area contributed by atoms with E-state index in [-0.39, 0.29) is 5.41 Å². The average molecular weight is 847 g/mol. The molecule has 12 aromatic rings. The maximum atomic E-state index is 4.51. The second kappa shape index (κ2) is 13.8. The predicted octanol–water partition coefficient (Wildman–Crippen LogP) is 16.8. The van der Waals surface area contributed by atoms with Crippen LogP contribution in [0.4, 0.5) is 34.1 Å². The molecule has 13 rings (SSSR count). The molecule has 0 atom stereocenters. The first-order valence-corrected chi connectivity index (χ1v) is 23.6. The molecular weight excluding hydrogens is 805 g/mol. The minimum atomic E-state index is -0.0254. The van der Waals surface area contributed by atoms with Crippen LogP contribution in [0.15, 0.2) is 164 Å². The topological polar surface area (TPSA) is 32.3 Å². The van der Waals surface area contributed by atoms with Gasteiger partial charge in [-0.3, -0.25) is 9.97 Å². The molecule has 4 aromatic heterocycles. The minimum absolute atomic E-state index is 0.0254. The molecule has 0 amide bonds. The number of fused-ring (bicyclic) bond motifs is 6. The number of hydrogen-bond acceptors (Lipinski definition) is 6. The highest BCUT2D eigenvalue weighted by molar-refractivity contribution is 7.26. The summed E-state index contributed by atoms with van der Waals surface area (Å²) >= 11 is 3.77. The van der Waals surface area contributed by atoms with Crippen molar-refractivity contribution in [3.05, 3.63) is 181 Å². The molecule has 302 valence electrons. The fraction of sp³-hybridized carbons (Fsp3) is 0.123. The van der Waals surface area contributed by atoms with Crippen molar-refractivity contribution in [1.29, 1.82) is 0 Å². The van der Waals surface area contributed by atoms with Crippen LogP contribution in [0.25, 0.3) is 72.7 Å². The van der Waals surface area contributed by atoms with Gasteiger partial charge in [0, 0.05) is 83.3 Å². The molecule has 0 spiro atoms. The number of thiophene rings is 2. The molecule has 0 saturated carbocycles. The zero-order valence-electron chi connectivity index (χ0n) is 35.3. The van der Waals surface area contributed by atoms with Gasteiger partial charge < -0.3 is 9.80 Å². The smallest absolute Gasteiger partial charge is 0.0640 e. The van der Waals surface area contributed by atoms with Crippen molar-refractivity contribution in [1.82, 2.24) is 9.97 Å². The number of nitrogens with zero attached hydrogens (tertiary/aromatic N) is 4. The lowest BCUT2D eigenvalue weighted by molar-refractivity contribution is 0.475. The first-order chi connectivity index (χ1) is 31.0. The van der Waals surface area contributed by atoms with Crippen LogP contribution in [-0.4, -0.2) is 9.97 Å². The summed E-state index contributed by atoms with van der Waals surface area (Å²) < 4.78 is 5.18. The van der Waals surface area contributed by atoms with Gasteiger partial charge in [-0.05, 0) is 124 Å². The third-order valence-electron chi connectivity index (χ3n) is 13.8. The van der Waals surface area contributed by atoms with Crippen LogP contribution in [0, 0.1) is 0 Å². The van der Waals surface area contributed by atoms with Crippen molar-refractivity contribution in [3.8, 4) is 0 Å². The van der Waals surface area contributed by atoms with Gasteiger partial charge in [-0.15, -0.1) is 22.7 Å². The Morgan fingerprint density at radius 2 is 1.03 bits per heavy atom. The quantitative estimate of drug-likeness (QED) is 0.150. The van der Waals surface area contributed by atoms with Crippen molar-refractivity contribution in [2.75, 3.05) is 9.80 Å². The Balaban J connectivity index is 1.17. The Labute approximate surface area is 373 Å². The van der Waals surface area contributed by atoms with Crippen LogP contribution in [0.3, 0.4) is 0 Å². The van der Waals surface area contributed by atoms with Gasteiger partial charge in [0.25, 0.3) is 0 Å². The maximum Gasteiger partial charge on any atom is 0.0640 e. The third kappa shape index (κ3) is 5.38. The molecule has 0 unspecified atom stereocenters. The molecule has 8 aromatic carbocycles. The normalized spacial score (nSPS) is 13.7. The van der Waals surface area contributed by atoms with E-state index in [4.69, 9.17) is 0 Å². The molecule has 1 aliphatic carbocycles. The monoisotopic (exact) mass is 846 g/mol. The number of aryl methyl sites for hydroxylation is 2. The first kappa shape index (κ1) is 36.8. The Hall–Kier alpha value is -6.86. The summed E-state index contributed by atoms with van der Waals surface area (Å²) in [5.74, 6) is 0. The lowest BCUT2D eigenvalue weighted by Gasteiger charge is -2.37. The van der Waals surface area contributed by atoms with Gasteiger partial charge in [0.15, 0.2) is 0 Å². The SMILES string of the molecule is CCc1cc(N(c2ccncc2)c2cccc3c2sc2ccccc23)c2cc3c4c(cc(N(c5ccncc5)c5cccc6c5sc5ccccc56)c5ccc1c2c54)CCC3(C)C. The van der Waals surface area contributed by atoms with Gasteiger partial charge in [0.2, 0.25) is 0 Å². The molecular formula is C57H42N4S2. The summed E-state index contributed by atoms with van der Waals surface area (Å²) in [6.07, 6.45) is 10.7. The van der Waals surface area contributed by atoms with Gasteiger partial charge >= 0.3 is 0 Å². The Kier molecular flexibility index (Phi) is 8.06. The van der Waals surface area contributed by atoms with Gasteiger partial charge in [0.1, 0.15) is 0 Å². The summed E-state index contributed by atoms with van der Waals surface area (Å²) in [6.45, 7) is 7.22. The van der Waals surface area contributed by atoms with Gasteiger partial charge in [-0.25, -0.2) is 0 Å². The minimum Gasteiger partial charge on any atom is -0.308 e. The van der Waals surface area contributed by atoms with E-state index in [1.54, 1.807) is 0 Å². The van der Waals surface area contributed by atoms with Crippen LogP contribution >= 0.6 is 22.7 Å². The van der Waals surface area contributed by atoms with Crippen LogP contribution in [-0.2, 0) is 18.3 Å². The summed E-state index contributed by atoms with van der Waals surface area (Å²) in [7, 11) is 0. The molecule has 4 nitrogen and oxygen atoms in total. The van der Waals surface area contributed by atoms with E-state index >= 15 is 0 Å². The molecule has 0 bridgehead atoms. The maximum absolute atomic E-state index is 4.51. The van der Waals surface area contributed by atoms with Crippen LogP contribution in [0.2, 0.25) is 0 Å². The average Bonchev–Trinajstić information content (AvgIpc) is 3.91. The summed E-state index contributed by atoms with van der Waals surface area (Å²) in [5.41, 5.74) is 11.2. The van der Waals surface area contributed by atoms with Crippen molar-refractivity contribution in [3.63, 3.8) is 0 Å². The molecule has 0 N–H and O–H groups in total. The molecule has 4 heterocycles. The second-order valence-electron chi connectivity index (χ2n) is 17.7. The third-order valence-corrected chi connectivity index (χ3v) is 16.2. The van der Waals surface area contributed by atoms with E-state index in [1.807, 2.05) is 47.5 Å². The predicted molar refractivity (Wildman–Crippen MR) is 272 cm³/mol. The summed E-state index contributed by atoms with van der Waals surface area (Å²) in [6, 6.07) is 52.4. The highest BCUT2D eigenvalue weighted by Crippen LogP contribution is 2.55. The number of hydrogen-bond donors (Lipinski definition) is 0. The van der Waals surface area contributed by atoms with Gasteiger partial charge in [-0.1, -0.05) is 93.6 Å². The number of pyridine rings is 2. The number of anilines is 6. The highest BCUT2D eigenvalue weighted by Gasteiger charge is 2.34. The van der Waals surface area contributed by atoms with E-state index in [9.17, 15) is 0 Å². The second-order valence-corrected chi connectivity index (χ2v) is 19.8. The lowest BCUT2D eigenvalue weighted by Crippen LogP contribution is -2.24. The largest absolute Gasteiger partial charge is 0.308 e. The van der Waals surface area contributed by atoms with Crippen LogP contribution in [0.5, 0.6) is 0 Å². The molecule has 0 fully saturated rings. The first-order valence-electron chi connectivity index (χ1n) is 22.0. The van der Waals surface area contributed by atoms with Crippen LogP contribution in [0.1, 0.15) is 43.9 Å². The zero-order valence-corrected chi connectivity index (χ0v) is 36.9. The van der Waals surface area contributed by atoms with Crippen LogP contribution < -0.4 is 9.80 Å². The number of aromatic nitrogens is 2. The Morgan fingerprint density at radius 1 is 0.492 bits per heavy atom. The Bertz CT molecular complexity index is 3770. The molecule has 6 heteroatoms. The van der Waals surface area contributed by atoms with Gasteiger partial charge in [0.05, 0.1) is 32.1 Å². The van der Waals surface area contributed by atoms with E-state index in [0.717, 1.165) is 30.6 Å². The number of rotatable bonds is 7. The fourth-order valence-electron chi connectivity index (χ4n) is 10.8. The standard InChI is InChI=1S/C57H42N4S2/c1-4-34-31-49(61(37-24-29-59-30-25-37)47-16-10-14-42-40-12-6-8-18-51(40)63-56(42)47)44-33-45-52-35(21-26-57(45,2)3)32-48(43-20-19-38(34)53(44)54(43)52)60(36-22-27-58-28-23-36)46-15-9-13-41-39-11-5-7-17-50(39)62-55(41)46/h5-20,22-25,27-33H,4,21,26H2,1-3H3. The van der Waals surface area contributed by atoms with Crippen molar-refractivity contribution in [2.45, 2.75) is 45.4 Å². The summed E-state index contributed by atoms with van der Waals surface area (Å²) in [5, 5.41) is 13.2. The fourth-order valence-corrected chi connectivity index (χ4v) is 13.2. The van der Waals surface area contributed by atoms with Gasteiger partial charge in [-0.2, -0.15) is 0 Å². The lowest BCUT2D eigenvalue weighted by atomic mass is 9.70. The van der Waals surface area contributed by atoms with E-state index in [2.05, 4.69) is 180 Å². The highest BCUT2D eigenvalue weighted by atomic mass is 32.1. The van der Waals surface area contributed by atoms with Crippen molar-refractivity contribution >= 4 is 129 Å². The van der Waals surface area contributed by atoms with Crippen molar-refractivity contribution < 1.29 is 0 Å². The van der Waals surface area contributed by atoms with E-state index < -0.39 is 0 Å². The van der Waals surface area contributed by atoms with E-state index in [1.165, 1.54) is 112 Å². The zero-order chi connectivity index (χ0) is 42.0. The summed E-state index contributed by atoms with van der Waals surface area (Å²) in [4.78, 5) is 14.1. The molecule has 0 saturated heterocycles.